The van der Waals surface area contributed by atoms with Crippen LogP contribution >= 0.6 is 23.2 Å². The largest absolute Gasteiger partial charge is 0.335 e. The Kier molecular flexibility index (Phi) is 6.35. The third-order valence-electron chi connectivity index (χ3n) is 5.82. The smallest absolute Gasteiger partial charge is 0.244 e. The van der Waals surface area contributed by atoms with Crippen molar-refractivity contribution in [3.8, 4) is 0 Å². The normalized spacial score (nSPS) is 24.6. The Hall–Kier alpha value is -2.00. The molecule has 0 saturated carbocycles. The predicted octanol–water partition coefficient (Wildman–Crippen LogP) is 3.54. The highest BCUT2D eigenvalue weighted by atomic mass is 35.5. The molecule has 1 aromatic carbocycles. The quantitative estimate of drug-likeness (QED) is 0.611. The Balaban J connectivity index is 1.76. The second kappa shape index (κ2) is 8.86. The fourth-order valence-electron chi connectivity index (χ4n) is 4.44. The SMILES string of the molecule is C=C[C@H]1CN(Cc2cnccn2)C(=O)C2CCC[C@@H]1N2S(=O)(=O)c1cc(Cl)cc(Cl)c1. The highest BCUT2D eigenvalue weighted by molar-refractivity contribution is 7.89. The first-order valence-electron chi connectivity index (χ1n) is 9.97. The zero-order valence-electron chi connectivity index (χ0n) is 16.7. The van der Waals surface area contributed by atoms with E-state index < -0.39 is 16.1 Å². The summed E-state index contributed by atoms with van der Waals surface area (Å²) in [5, 5.41) is 0.448. The van der Waals surface area contributed by atoms with Crippen LogP contribution in [0.15, 0.2) is 54.3 Å². The van der Waals surface area contributed by atoms with E-state index in [4.69, 9.17) is 23.2 Å². The number of carbonyl (C=O) groups is 1. The Labute approximate surface area is 191 Å². The van der Waals surface area contributed by atoms with E-state index in [1.165, 1.54) is 22.5 Å². The lowest BCUT2D eigenvalue weighted by atomic mass is 9.90. The number of rotatable bonds is 5. The molecule has 3 atom stereocenters. The summed E-state index contributed by atoms with van der Waals surface area (Å²) in [7, 11) is -4.02. The van der Waals surface area contributed by atoms with Crippen molar-refractivity contribution >= 4 is 39.1 Å². The van der Waals surface area contributed by atoms with Gasteiger partial charge in [0.1, 0.15) is 6.04 Å². The van der Waals surface area contributed by atoms with Crippen LogP contribution in [0, 0.1) is 5.92 Å². The third kappa shape index (κ3) is 4.35. The van der Waals surface area contributed by atoms with Crippen LogP contribution < -0.4 is 0 Å². The molecule has 2 aliphatic rings. The lowest BCUT2D eigenvalue weighted by Gasteiger charge is -2.40. The zero-order valence-corrected chi connectivity index (χ0v) is 19.0. The first kappa shape index (κ1) is 22.2. The molecule has 2 aromatic rings. The molecule has 164 valence electrons. The molecule has 7 nitrogen and oxygen atoms in total. The van der Waals surface area contributed by atoms with Gasteiger partial charge in [-0.15, -0.1) is 6.58 Å². The monoisotopic (exact) mass is 480 g/mol. The van der Waals surface area contributed by atoms with Crippen LogP contribution in [0.3, 0.4) is 0 Å². The molecule has 10 heteroatoms. The molecule has 1 aromatic heterocycles. The summed E-state index contributed by atoms with van der Waals surface area (Å²) >= 11 is 12.1. The minimum Gasteiger partial charge on any atom is -0.335 e. The van der Waals surface area contributed by atoms with Gasteiger partial charge in [-0.1, -0.05) is 29.3 Å². The van der Waals surface area contributed by atoms with Crippen molar-refractivity contribution < 1.29 is 13.2 Å². The Morgan fingerprint density at radius 1 is 1.16 bits per heavy atom. The number of fused-ring (bicyclic) bond motifs is 2. The topological polar surface area (TPSA) is 83.5 Å². The first-order valence-corrected chi connectivity index (χ1v) is 12.2. The summed E-state index contributed by atoms with van der Waals surface area (Å²) in [6, 6.07) is 3.03. The third-order valence-corrected chi connectivity index (χ3v) is 8.17. The van der Waals surface area contributed by atoms with Crippen molar-refractivity contribution in [1.82, 2.24) is 19.2 Å². The summed E-state index contributed by atoms with van der Waals surface area (Å²) in [5.74, 6) is -0.466. The summed E-state index contributed by atoms with van der Waals surface area (Å²) in [5.41, 5.74) is 0.645. The maximum atomic E-state index is 13.7. The van der Waals surface area contributed by atoms with Crippen molar-refractivity contribution in [3.05, 3.63) is 65.2 Å². The van der Waals surface area contributed by atoms with Crippen LogP contribution in [-0.2, 0) is 21.4 Å². The van der Waals surface area contributed by atoms with Crippen LogP contribution in [0.5, 0.6) is 0 Å². The maximum absolute atomic E-state index is 13.7. The van der Waals surface area contributed by atoms with E-state index in [2.05, 4.69) is 16.5 Å². The summed E-state index contributed by atoms with van der Waals surface area (Å²) < 4.78 is 28.8. The number of halogens is 2. The van der Waals surface area contributed by atoms with Gasteiger partial charge in [-0.05, 0) is 37.5 Å². The van der Waals surface area contributed by atoms with Crippen molar-refractivity contribution in [3.63, 3.8) is 0 Å². The van der Waals surface area contributed by atoms with Crippen LogP contribution in [-0.4, -0.2) is 52.1 Å². The lowest BCUT2D eigenvalue weighted by molar-refractivity contribution is -0.135. The van der Waals surface area contributed by atoms with Crippen LogP contribution in [0.2, 0.25) is 10.0 Å². The molecule has 0 aliphatic carbocycles. The van der Waals surface area contributed by atoms with Crippen LogP contribution in [0.25, 0.3) is 0 Å². The zero-order chi connectivity index (χ0) is 22.2. The van der Waals surface area contributed by atoms with Gasteiger partial charge in [0, 0.05) is 40.9 Å². The van der Waals surface area contributed by atoms with Crippen molar-refractivity contribution in [2.45, 2.75) is 42.8 Å². The fourth-order valence-corrected chi connectivity index (χ4v) is 7.04. The molecule has 2 saturated heterocycles. The van der Waals surface area contributed by atoms with E-state index >= 15 is 0 Å². The number of hydrogen-bond donors (Lipinski definition) is 0. The van der Waals surface area contributed by atoms with Gasteiger partial charge in [-0.25, -0.2) is 8.42 Å². The molecule has 0 radical (unpaired) electrons. The Bertz CT molecular complexity index is 1080. The van der Waals surface area contributed by atoms with Gasteiger partial charge in [0.15, 0.2) is 0 Å². The molecule has 0 N–H and O–H groups in total. The summed E-state index contributed by atoms with van der Waals surface area (Å²) in [4.78, 5) is 23.5. The van der Waals surface area contributed by atoms with Gasteiger partial charge in [-0.2, -0.15) is 4.31 Å². The van der Waals surface area contributed by atoms with Crippen LogP contribution in [0.1, 0.15) is 25.0 Å². The van der Waals surface area contributed by atoms with Gasteiger partial charge in [0.05, 0.1) is 23.3 Å². The molecular weight excluding hydrogens is 459 g/mol. The number of sulfonamides is 1. The molecule has 1 unspecified atom stereocenters. The van der Waals surface area contributed by atoms with E-state index in [1.54, 1.807) is 29.6 Å². The number of amides is 1. The minimum atomic E-state index is -4.02. The number of benzene rings is 1. The second-order valence-electron chi connectivity index (χ2n) is 7.77. The van der Waals surface area contributed by atoms with E-state index in [-0.39, 0.29) is 39.4 Å². The summed E-state index contributed by atoms with van der Waals surface area (Å²) in [6.45, 7) is 4.55. The molecule has 3 heterocycles. The van der Waals surface area contributed by atoms with Crippen molar-refractivity contribution in [2.75, 3.05) is 6.54 Å². The number of piperidine rings is 1. The number of aromatic nitrogens is 2. The molecule has 2 bridgehead atoms. The average molecular weight is 481 g/mol. The molecule has 0 spiro atoms. The molecule has 2 fully saturated rings. The van der Waals surface area contributed by atoms with Gasteiger partial charge in [0.2, 0.25) is 15.9 Å². The van der Waals surface area contributed by atoms with Crippen molar-refractivity contribution in [2.24, 2.45) is 5.92 Å². The standard InChI is InChI=1S/C21H22Cl2N4O3S/c1-2-14-12-26(13-17-11-24-6-7-25-17)21(28)20-5-3-4-19(14)27(20)31(29,30)18-9-15(22)8-16(23)10-18/h2,6-11,14,19-20H,1,3-5,12-13H2/t14-,19-,20?/m0/s1. The first-order chi connectivity index (χ1) is 14.8. The Morgan fingerprint density at radius 3 is 2.55 bits per heavy atom. The van der Waals surface area contributed by atoms with Gasteiger partial charge >= 0.3 is 0 Å². The second-order valence-corrected chi connectivity index (χ2v) is 10.5. The average Bonchev–Trinajstić information content (AvgIpc) is 2.81. The molecule has 31 heavy (non-hydrogen) atoms. The van der Waals surface area contributed by atoms with E-state index in [0.717, 1.165) is 6.42 Å². The Morgan fingerprint density at radius 2 is 1.90 bits per heavy atom. The highest BCUT2D eigenvalue weighted by Crippen LogP contribution is 2.38. The lowest BCUT2D eigenvalue weighted by Crippen LogP contribution is -2.54. The highest BCUT2D eigenvalue weighted by Gasteiger charge is 2.49. The summed E-state index contributed by atoms with van der Waals surface area (Å²) in [6.07, 6.45) is 8.33. The maximum Gasteiger partial charge on any atom is 0.244 e. The molecule has 2 aliphatic heterocycles. The number of carbonyl (C=O) groups excluding carboxylic acids is 1. The van der Waals surface area contributed by atoms with E-state index in [9.17, 15) is 13.2 Å². The number of nitrogens with zero attached hydrogens (tertiary/aromatic N) is 4. The van der Waals surface area contributed by atoms with E-state index in [1.807, 2.05) is 0 Å². The van der Waals surface area contributed by atoms with Crippen LogP contribution in [0.4, 0.5) is 0 Å². The molecule has 4 rings (SSSR count). The van der Waals surface area contributed by atoms with Gasteiger partial charge in [0.25, 0.3) is 0 Å². The van der Waals surface area contributed by atoms with Gasteiger partial charge < -0.3 is 4.90 Å². The molecular formula is C21H22Cl2N4O3S. The molecule has 1 amide bonds. The number of hydrogen-bond acceptors (Lipinski definition) is 5. The van der Waals surface area contributed by atoms with Gasteiger partial charge in [-0.3, -0.25) is 14.8 Å². The van der Waals surface area contributed by atoms with Crippen molar-refractivity contribution in [1.29, 1.82) is 0 Å². The minimum absolute atomic E-state index is 0.0140. The predicted molar refractivity (Wildman–Crippen MR) is 118 cm³/mol. The van der Waals surface area contributed by atoms with E-state index in [0.29, 0.717) is 25.1 Å². The fraction of sp³-hybridized carbons (Fsp3) is 0.381.